The molecule has 0 atom stereocenters. The van der Waals surface area contributed by atoms with Crippen LogP contribution in [0.25, 0.3) is 0 Å². The van der Waals surface area contributed by atoms with E-state index in [1.807, 2.05) is 0 Å². The van der Waals surface area contributed by atoms with Gasteiger partial charge in [-0.3, -0.25) is 0 Å². The van der Waals surface area contributed by atoms with Gasteiger partial charge in [-0.15, -0.1) is 0 Å². The average Bonchev–Trinajstić information content (AvgIpc) is 2.70. The van der Waals surface area contributed by atoms with Gasteiger partial charge in [-0.05, 0) is 57.2 Å². The van der Waals surface area contributed by atoms with Gasteiger partial charge < -0.3 is 15.1 Å². The highest BCUT2D eigenvalue weighted by Gasteiger charge is 2.15. The molecule has 0 aliphatic carbocycles. The topological polar surface area (TPSA) is 18.5 Å². The van der Waals surface area contributed by atoms with Gasteiger partial charge >= 0.3 is 0 Å². The van der Waals surface area contributed by atoms with Gasteiger partial charge in [0.1, 0.15) is 0 Å². The molecule has 100 valence electrons. The van der Waals surface area contributed by atoms with Crippen LogP contribution in [0.5, 0.6) is 0 Å². The van der Waals surface area contributed by atoms with Crippen LogP contribution in [0.1, 0.15) is 17.5 Å². The summed E-state index contributed by atoms with van der Waals surface area (Å²) in [6, 6.07) is 6.87. The molecule has 0 saturated carbocycles. The summed E-state index contributed by atoms with van der Waals surface area (Å²) in [7, 11) is 6.42. The van der Waals surface area contributed by atoms with Gasteiger partial charge in [0.25, 0.3) is 0 Å². The van der Waals surface area contributed by atoms with E-state index < -0.39 is 0 Å². The fourth-order valence-electron chi connectivity index (χ4n) is 2.48. The molecule has 0 unspecified atom stereocenters. The third-order valence-corrected chi connectivity index (χ3v) is 3.56. The minimum Gasteiger partial charge on any atom is -0.374 e. The summed E-state index contributed by atoms with van der Waals surface area (Å²) in [5.74, 6) is 0. The van der Waals surface area contributed by atoms with Crippen LogP contribution in [0.15, 0.2) is 18.2 Å². The Morgan fingerprint density at radius 2 is 2.17 bits per heavy atom. The smallest absolute Gasteiger partial charge is 0.0397 e. The van der Waals surface area contributed by atoms with Crippen molar-refractivity contribution >= 4 is 5.69 Å². The second-order valence-electron chi connectivity index (χ2n) is 5.47. The number of hydrogen-bond donors (Lipinski definition) is 1. The molecule has 1 aliphatic heterocycles. The van der Waals surface area contributed by atoms with Crippen LogP contribution in [0.2, 0.25) is 0 Å². The molecule has 2 rings (SSSR count). The lowest BCUT2D eigenvalue weighted by molar-refractivity contribution is 0.394. The van der Waals surface area contributed by atoms with Gasteiger partial charge in [-0.2, -0.15) is 0 Å². The number of nitrogens with one attached hydrogen (secondary N) is 1. The molecule has 1 aromatic carbocycles. The van der Waals surface area contributed by atoms with Crippen molar-refractivity contribution in [3.05, 3.63) is 29.3 Å². The van der Waals surface area contributed by atoms with Crippen LogP contribution in [-0.4, -0.2) is 45.7 Å². The first-order valence-electron chi connectivity index (χ1n) is 6.85. The zero-order chi connectivity index (χ0) is 13.0. The lowest BCUT2D eigenvalue weighted by atomic mass is 10.1. The third kappa shape index (κ3) is 3.47. The van der Waals surface area contributed by atoms with E-state index in [0.717, 1.165) is 26.2 Å². The lowest BCUT2D eigenvalue weighted by Gasteiger charge is -2.13. The van der Waals surface area contributed by atoms with E-state index in [1.165, 1.54) is 29.7 Å². The maximum atomic E-state index is 3.52. The molecule has 0 amide bonds. The summed E-state index contributed by atoms with van der Waals surface area (Å²) in [5.41, 5.74) is 4.32. The monoisotopic (exact) mass is 247 g/mol. The first kappa shape index (κ1) is 13.4. The number of benzene rings is 1. The van der Waals surface area contributed by atoms with Crippen LogP contribution >= 0.6 is 0 Å². The van der Waals surface area contributed by atoms with Crippen molar-refractivity contribution in [2.24, 2.45) is 0 Å². The van der Waals surface area contributed by atoms with Crippen molar-refractivity contribution in [1.29, 1.82) is 0 Å². The van der Waals surface area contributed by atoms with E-state index in [1.54, 1.807) is 0 Å². The number of anilines is 1. The SMILES string of the molecule is CN(C)CCCNCc1ccc2c(c1)CCN2C. The fraction of sp³-hybridized carbons (Fsp3) is 0.600. The molecule has 3 nitrogen and oxygen atoms in total. The van der Waals surface area contributed by atoms with Gasteiger partial charge in [-0.25, -0.2) is 0 Å². The van der Waals surface area contributed by atoms with E-state index in [4.69, 9.17) is 0 Å². The molecule has 0 fully saturated rings. The highest BCUT2D eigenvalue weighted by Crippen LogP contribution is 2.27. The Balaban J connectivity index is 1.77. The molecule has 0 saturated heterocycles. The van der Waals surface area contributed by atoms with Crippen LogP contribution in [0, 0.1) is 0 Å². The minimum atomic E-state index is 0.990. The van der Waals surface area contributed by atoms with Crippen molar-refractivity contribution in [3.8, 4) is 0 Å². The van der Waals surface area contributed by atoms with Crippen molar-refractivity contribution in [3.63, 3.8) is 0 Å². The van der Waals surface area contributed by atoms with Crippen molar-refractivity contribution < 1.29 is 0 Å². The Kier molecular flexibility index (Phi) is 4.61. The Bertz CT molecular complexity index is 387. The van der Waals surface area contributed by atoms with Gasteiger partial charge in [0, 0.05) is 25.8 Å². The van der Waals surface area contributed by atoms with Crippen molar-refractivity contribution in [2.75, 3.05) is 45.7 Å². The number of fused-ring (bicyclic) bond motifs is 1. The summed E-state index contributed by atoms with van der Waals surface area (Å²) >= 11 is 0. The van der Waals surface area contributed by atoms with E-state index in [-0.39, 0.29) is 0 Å². The summed E-state index contributed by atoms with van der Waals surface area (Å²) < 4.78 is 0. The highest BCUT2D eigenvalue weighted by molar-refractivity contribution is 5.58. The summed E-state index contributed by atoms with van der Waals surface area (Å²) in [6.07, 6.45) is 2.40. The fourth-order valence-corrected chi connectivity index (χ4v) is 2.48. The van der Waals surface area contributed by atoms with Gasteiger partial charge in [0.15, 0.2) is 0 Å². The Morgan fingerprint density at radius 3 is 2.94 bits per heavy atom. The van der Waals surface area contributed by atoms with Gasteiger partial charge in [0.2, 0.25) is 0 Å². The second kappa shape index (κ2) is 6.21. The summed E-state index contributed by atoms with van der Waals surface area (Å²) in [5, 5.41) is 3.52. The Morgan fingerprint density at radius 1 is 1.33 bits per heavy atom. The van der Waals surface area contributed by atoms with E-state index in [9.17, 15) is 0 Å². The predicted octanol–water partition coefficient (Wildman–Crippen LogP) is 1.72. The average molecular weight is 247 g/mol. The molecule has 3 heteroatoms. The van der Waals surface area contributed by atoms with Gasteiger partial charge in [0.05, 0.1) is 0 Å². The molecule has 0 spiro atoms. The molecular formula is C15H25N3. The Labute approximate surface area is 111 Å². The Hall–Kier alpha value is -1.06. The largest absolute Gasteiger partial charge is 0.374 e. The predicted molar refractivity (Wildman–Crippen MR) is 78.3 cm³/mol. The molecule has 1 aromatic rings. The molecule has 1 N–H and O–H groups in total. The van der Waals surface area contributed by atoms with Crippen LogP contribution in [0.4, 0.5) is 5.69 Å². The molecule has 1 heterocycles. The number of rotatable bonds is 6. The number of nitrogens with zero attached hydrogens (tertiary/aromatic N) is 2. The first-order chi connectivity index (χ1) is 8.66. The highest BCUT2D eigenvalue weighted by atomic mass is 15.1. The zero-order valence-electron chi connectivity index (χ0n) is 11.9. The minimum absolute atomic E-state index is 0.990. The molecule has 0 aromatic heterocycles. The van der Waals surface area contributed by atoms with Crippen LogP contribution in [0.3, 0.4) is 0 Å². The van der Waals surface area contributed by atoms with E-state index >= 15 is 0 Å². The quantitative estimate of drug-likeness (QED) is 0.772. The van der Waals surface area contributed by atoms with Crippen molar-refractivity contribution in [2.45, 2.75) is 19.4 Å². The normalized spacial score (nSPS) is 14.3. The molecule has 0 bridgehead atoms. The van der Waals surface area contributed by atoms with E-state index in [0.29, 0.717) is 0 Å². The lowest BCUT2D eigenvalue weighted by Crippen LogP contribution is -2.21. The van der Waals surface area contributed by atoms with Gasteiger partial charge in [-0.1, -0.05) is 12.1 Å². The van der Waals surface area contributed by atoms with E-state index in [2.05, 4.69) is 54.5 Å². The van der Waals surface area contributed by atoms with Crippen LogP contribution in [-0.2, 0) is 13.0 Å². The first-order valence-corrected chi connectivity index (χ1v) is 6.85. The zero-order valence-corrected chi connectivity index (χ0v) is 11.9. The molecular weight excluding hydrogens is 222 g/mol. The molecule has 1 aliphatic rings. The summed E-state index contributed by atoms with van der Waals surface area (Å²) in [6.45, 7) is 4.40. The van der Waals surface area contributed by atoms with Crippen molar-refractivity contribution in [1.82, 2.24) is 10.2 Å². The number of likely N-dealkylation sites (N-methyl/N-ethyl adjacent to an activating group) is 1. The second-order valence-corrected chi connectivity index (χ2v) is 5.47. The van der Waals surface area contributed by atoms with Crippen LogP contribution < -0.4 is 10.2 Å². The summed E-state index contributed by atoms with van der Waals surface area (Å²) in [4.78, 5) is 4.57. The molecule has 0 radical (unpaired) electrons. The third-order valence-electron chi connectivity index (χ3n) is 3.56. The number of hydrogen-bond acceptors (Lipinski definition) is 3. The standard InChI is InChI=1S/C15H25N3/c1-17(2)9-4-8-16-12-13-5-6-15-14(11-13)7-10-18(15)3/h5-6,11,16H,4,7-10,12H2,1-3H3. The maximum absolute atomic E-state index is 3.52. The molecule has 18 heavy (non-hydrogen) atoms. The maximum Gasteiger partial charge on any atom is 0.0397 e.